The lowest BCUT2D eigenvalue weighted by Gasteiger charge is -2.22. The molecule has 1 atom stereocenters. The lowest BCUT2D eigenvalue weighted by molar-refractivity contribution is 0.100. The summed E-state index contributed by atoms with van der Waals surface area (Å²) in [5.41, 5.74) is 9.35. The van der Waals surface area contributed by atoms with Crippen LogP contribution in [-0.4, -0.2) is 56.5 Å². The SMILES string of the molecule is CCOc1cc(F)ccc1OCCN[C@H](C)Cc1cc2c(c(C(N)=O)c1)N(CCCO)CC2. The number of carbonyl (C=O) groups excluding carboxylic acids is 1. The van der Waals surface area contributed by atoms with Crippen LogP contribution >= 0.6 is 0 Å². The fraction of sp³-hybridized carbons (Fsp3) is 0.480. The van der Waals surface area contributed by atoms with Crippen LogP contribution in [0.15, 0.2) is 30.3 Å². The van der Waals surface area contributed by atoms with Crippen LogP contribution in [0.4, 0.5) is 10.1 Å². The van der Waals surface area contributed by atoms with E-state index in [1.54, 1.807) is 6.07 Å². The maximum atomic E-state index is 13.4. The van der Waals surface area contributed by atoms with Crippen LogP contribution in [0.3, 0.4) is 0 Å². The van der Waals surface area contributed by atoms with Crippen LogP contribution in [0.25, 0.3) is 0 Å². The third-order valence-corrected chi connectivity index (χ3v) is 5.67. The second-order valence-electron chi connectivity index (χ2n) is 8.26. The van der Waals surface area contributed by atoms with E-state index < -0.39 is 5.91 Å². The second-order valence-corrected chi connectivity index (χ2v) is 8.26. The minimum absolute atomic E-state index is 0.122. The van der Waals surface area contributed by atoms with Gasteiger partial charge in [-0.3, -0.25) is 4.79 Å². The first-order chi connectivity index (χ1) is 15.9. The number of primary amides is 1. The molecule has 0 bridgehead atoms. The van der Waals surface area contributed by atoms with Gasteiger partial charge in [0.05, 0.1) is 17.9 Å². The highest BCUT2D eigenvalue weighted by atomic mass is 19.1. The zero-order valence-corrected chi connectivity index (χ0v) is 19.4. The van der Waals surface area contributed by atoms with Crippen molar-refractivity contribution in [3.63, 3.8) is 0 Å². The molecule has 2 aromatic rings. The number of hydrogen-bond acceptors (Lipinski definition) is 6. The number of carbonyl (C=O) groups is 1. The minimum Gasteiger partial charge on any atom is -0.490 e. The molecule has 4 N–H and O–H groups in total. The average Bonchev–Trinajstić information content (AvgIpc) is 3.18. The number of anilines is 1. The van der Waals surface area contributed by atoms with Crippen molar-refractivity contribution in [3.8, 4) is 11.5 Å². The lowest BCUT2D eigenvalue weighted by atomic mass is 9.98. The topological polar surface area (TPSA) is 97.1 Å². The summed E-state index contributed by atoms with van der Waals surface area (Å²) < 4.78 is 24.6. The van der Waals surface area contributed by atoms with Gasteiger partial charge in [0.2, 0.25) is 0 Å². The summed E-state index contributed by atoms with van der Waals surface area (Å²) in [6.07, 6.45) is 2.27. The molecule has 180 valence electrons. The Bertz CT molecular complexity index is 953. The summed E-state index contributed by atoms with van der Waals surface area (Å²) >= 11 is 0. The normalized spacial score (nSPS) is 13.6. The smallest absolute Gasteiger partial charge is 0.250 e. The van der Waals surface area contributed by atoms with Crippen LogP contribution in [-0.2, 0) is 12.8 Å². The summed E-state index contributed by atoms with van der Waals surface area (Å²) in [5, 5.41) is 12.6. The molecule has 0 unspecified atom stereocenters. The van der Waals surface area contributed by atoms with Gasteiger partial charge in [-0.05, 0) is 62.4 Å². The number of benzene rings is 2. The van der Waals surface area contributed by atoms with Gasteiger partial charge in [-0.25, -0.2) is 4.39 Å². The van der Waals surface area contributed by atoms with Crippen molar-refractivity contribution in [1.29, 1.82) is 0 Å². The molecule has 0 fully saturated rings. The van der Waals surface area contributed by atoms with Crippen molar-refractivity contribution >= 4 is 11.6 Å². The van der Waals surface area contributed by atoms with Gasteiger partial charge in [-0.2, -0.15) is 0 Å². The second kappa shape index (κ2) is 11.9. The third-order valence-electron chi connectivity index (χ3n) is 5.67. The molecular formula is C25H34FN3O4. The maximum absolute atomic E-state index is 13.4. The quantitative estimate of drug-likeness (QED) is 0.399. The van der Waals surface area contributed by atoms with Crippen LogP contribution < -0.4 is 25.4 Å². The van der Waals surface area contributed by atoms with E-state index in [0.717, 1.165) is 36.2 Å². The van der Waals surface area contributed by atoms with Crippen molar-refractivity contribution in [3.05, 3.63) is 52.8 Å². The molecule has 0 saturated carbocycles. The molecule has 0 radical (unpaired) electrons. The highest BCUT2D eigenvalue weighted by Crippen LogP contribution is 2.33. The Morgan fingerprint density at radius 3 is 2.82 bits per heavy atom. The molecule has 0 saturated heterocycles. The highest BCUT2D eigenvalue weighted by molar-refractivity contribution is 6.00. The zero-order chi connectivity index (χ0) is 23.8. The lowest BCUT2D eigenvalue weighted by Crippen LogP contribution is -2.32. The number of fused-ring (bicyclic) bond motifs is 1. The van der Waals surface area contributed by atoms with Crippen LogP contribution in [0.2, 0.25) is 0 Å². The summed E-state index contributed by atoms with van der Waals surface area (Å²) in [4.78, 5) is 14.3. The molecule has 2 aromatic carbocycles. The molecule has 0 aliphatic carbocycles. The first-order valence-electron chi connectivity index (χ1n) is 11.5. The van der Waals surface area contributed by atoms with Crippen molar-refractivity contribution in [2.45, 2.75) is 39.2 Å². The van der Waals surface area contributed by atoms with Gasteiger partial charge in [0, 0.05) is 38.3 Å². The predicted molar refractivity (Wildman–Crippen MR) is 127 cm³/mol. The van der Waals surface area contributed by atoms with Gasteiger partial charge in [0.15, 0.2) is 11.5 Å². The molecule has 1 aliphatic rings. The number of nitrogens with two attached hydrogens (primary N) is 1. The molecule has 3 rings (SSSR count). The Labute approximate surface area is 194 Å². The first kappa shape index (κ1) is 24.8. The Morgan fingerprint density at radius 2 is 2.09 bits per heavy atom. The summed E-state index contributed by atoms with van der Waals surface area (Å²) in [6.45, 7) is 7.03. The standard InChI is InChI=1S/C25H34FN3O4/c1-3-32-23-16-20(26)5-6-22(23)33-12-8-28-17(2)13-18-14-19-7-10-29(9-4-11-30)24(19)21(15-18)25(27)31/h5-6,14-17,28,30H,3-4,7-13H2,1-2H3,(H2,27,31)/t17-/m1/s1. The summed E-state index contributed by atoms with van der Waals surface area (Å²) in [7, 11) is 0. The van der Waals surface area contributed by atoms with E-state index in [4.69, 9.17) is 20.3 Å². The zero-order valence-electron chi connectivity index (χ0n) is 19.4. The van der Waals surface area contributed by atoms with E-state index in [0.29, 0.717) is 49.8 Å². The Hall–Kier alpha value is -2.84. The average molecular weight is 460 g/mol. The molecule has 0 aromatic heterocycles. The Kier molecular flexibility index (Phi) is 8.91. The fourth-order valence-electron chi connectivity index (χ4n) is 4.24. The number of hydrogen-bond donors (Lipinski definition) is 3. The van der Waals surface area contributed by atoms with Crippen LogP contribution in [0, 0.1) is 5.82 Å². The summed E-state index contributed by atoms with van der Waals surface area (Å²) in [5.74, 6) is 0.125. The first-order valence-corrected chi connectivity index (χ1v) is 11.5. The monoisotopic (exact) mass is 459 g/mol. The van der Waals surface area contributed by atoms with Gasteiger partial charge < -0.3 is 30.5 Å². The van der Waals surface area contributed by atoms with Gasteiger partial charge in [-0.1, -0.05) is 6.07 Å². The molecule has 8 heteroatoms. The van der Waals surface area contributed by atoms with E-state index in [9.17, 15) is 9.18 Å². The van der Waals surface area contributed by atoms with E-state index >= 15 is 0 Å². The Balaban J connectivity index is 1.56. The van der Waals surface area contributed by atoms with E-state index in [-0.39, 0.29) is 18.5 Å². The van der Waals surface area contributed by atoms with Gasteiger partial charge in [0.1, 0.15) is 12.4 Å². The van der Waals surface area contributed by atoms with Crippen LogP contribution in [0.5, 0.6) is 11.5 Å². The van der Waals surface area contributed by atoms with Gasteiger partial charge in [0.25, 0.3) is 5.91 Å². The Morgan fingerprint density at radius 1 is 1.27 bits per heavy atom. The summed E-state index contributed by atoms with van der Waals surface area (Å²) in [6, 6.07) is 8.44. The van der Waals surface area contributed by atoms with E-state index in [1.165, 1.54) is 12.1 Å². The number of nitrogens with zero attached hydrogens (tertiary/aromatic N) is 1. The maximum Gasteiger partial charge on any atom is 0.250 e. The van der Waals surface area contributed by atoms with Crippen molar-refractivity contribution in [2.24, 2.45) is 5.73 Å². The van der Waals surface area contributed by atoms with Gasteiger partial charge in [-0.15, -0.1) is 0 Å². The fourth-order valence-corrected chi connectivity index (χ4v) is 4.24. The minimum atomic E-state index is -0.428. The number of aliphatic hydroxyl groups is 1. The van der Waals surface area contributed by atoms with E-state index in [2.05, 4.69) is 23.2 Å². The predicted octanol–water partition coefficient (Wildman–Crippen LogP) is 2.67. The number of halogens is 1. The molecule has 0 spiro atoms. The molecule has 33 heavy (non-hydrogen) atoms. The molecule has 1 aliphatic heterocycles. The molecular weight excluding hydrogens is 425 g/mol. The van der Waals surface area contributed by atoms with E-state index in [1.807, 2.05) is 13.0 Å². The number of nitrogens with one attached hydrogen (secondary N) is 1. The van der Waals surface area contributed by atoms with Gasteiger partial charge >= 0.3 is 0 Å². The number of rotatable bonds is 13. The molecule has 1 amide bonds. The van der Waals surface area contributed by atoms with Crippen LogP contribution in [0.1, 0.15) is 41.8 Å². The highest BCUT2D eigenvalue weighted by Gasteiger charge is 2.25. The molecule has 1 heterocycles. The largest absolute Gasteiger partial charge is 0.490 e. The third kappa shape index (κ3) is 6.58. The number of aliphatic hydroxyl groups excluding tert-OH is 1. The molecule has 7 nitrogen and oxygen atoms in total. The number of ether oxygens (including phenoxy) is 2. The van der Waals surface area contributed by atoms with Crippen molar-refractivity contribution in [2.75, 3.05) is 44.4 Å². The van der Waals surface area contributed by atoms with Crippen molar-refractivity contribution in [1.82, 2.24) is 5.32 Å². The van der Waals surface area contributed by atoms with Crippen molar-refractivity contribution < 1.29 is 23.8 Å². The number of amides is 1.